The molecule has 2 aromatic rings. The molecule has 2 saturated heterocycles. The fourth-order valence-electron chi connectivity index (χ4n) is 3.87. The number of para-hydroxylation sites is 1. The molecule has 0 radical (unpaired) electrons. The largest absolute Gasteiger partial charge is 0.468 e. The first-order chi connectivity index (χ1) is 15.4. The molecule has 0 unspecified atom stereocenters. The van der Waals surface area contributed by atoms with Crippen molar-refractivity contribution in [2.24, 2.45) is 0 Å². The maximum atomic E-state index is 12.8. The first kappa shape index (κ1) is 22.0. The average molecular weight is 457 g/mol. The van der Waals surface area contributed by atoms with E-state index < -0.39 is 5.97 Å². The third-order valence-electron chi connectivity index (χ3n) is 5.63. The van der Waals surface area contributed by atoms with Gasteiger partial charge < -0.3 is 23.8 Å². The zero-order valence-corrected chi connectivity index (χ0v) is 18.8. The second kappa shape index (κ2) is 9.09. The standard InChI is InChI=1S/C22H24N4O5S/c1-23-21(29)18(26(22(23)32)14-20(28)30-2)11-15-12-25(17-6-4-3-5-16(15)17)13-19(27)24-7-9-31-10-8-24/h3-6,11-12H,7-10,13-14H2,1-2H3/b18-11-. The summed E-state index contributed by atoms with van der Waals surface area (Å²) in [6, 6.07) is 7.67. The number of rotatable bonds is 5. The highest BCUT2D eigenvalue weighted by Crippen LogP contribution is 2.28. The van der Waals surface area contributed by atoms with Crippen molar-refractivity contribution in [3.8, 4) is 0 Å². The second-order valence-electron chi connectivity index (χ2n) is 7.56. The molecule has 0 bridgehead atoms. The molecule has 9 nitrogen and oxygen atoms in total. The van der Waals surface area contributed by atoms with E-state index in [0.717, 1.165) is 16.5 Å². The van der Waals surface area contributed by atoms with E-state index in [1.807, 2.05) is 35.0 Å². The maximum Gasteiger partial charge on any atom is 0.325 e. The topological polar surface area (TPSA) is 84.3 Å². The number of fused-ring (bicyclic) bond motifs is 1. The molecule has 168 valence electrons. The lowest BCUT2D eigenvalue weighted by Crippen LogP contribution is -2.42. The number of esters is 1. The van der Waals surface area contributed by atoms with Crippen molar-refractivity contribution in [1.29, 1.82) is 0 Å². The minimum Gasteiger partial charge on any atom is -0.468 e. The fourth-order valence-corrected chi connectivity index (χ4v) is 4.12. The summed E-state index contributed by atoms with van der Waals surface area (Å²) >= 11 is 5.35. The van der Waals surface area contributed by atoms with Crippen molar-refractivity contribution in [2.45, 2.75) is 6.54 Å². The molecule has 0 aliphatic carbocycles. The van der Waals surface area contributed by atoms with Crippen LogP contribution < -0.4 is 0 Å². The number of methoxy groups -OCH3 is 1. The van der Waals surface area contributed by atoms with E-state index in [-0.39, 0.29) is 35.7 Å². The van der Waals surface area contributed by atoms with Crippen molar-refractivity contribution in [3.05, 3.63) is 41.7 Å². The minimum atomic E-state index is -0.500. The number of morpholine rings is 1. The molecule has 2 amide bonds. The van der Waals surface area contributed by atoms with Crippen LogP contribution in [0.4, 0.5) is 0 Å². The van der Waals surface area contributed by atoms with Crippen LogP contribution in [-0.2, 0) is 30.4 Å². The Hall–Kier alpha value is -3.24. The number of benzene rings is 1. The van der Waals surface area contributed by atoms with Gasteiger partial charge in [-0.05, 0) is 24.4 Å². The number of ether oxygens (including phenoxy) is 2. The van der Waals surface area contributed by atoms with Crippen LogP contribution in [0.2, 0.25) is 0 Å². The number of nitrogens with zero attached hydrogens (tertiary/aromatic N) is 4. The Kier molecular flexibility index (Phi) is 6.24. The van der Waals surface area contributed by atoms with Crippen LogP contribution in [0.15, 0.2) is 36.2 Å². The van der Waals surface area contributed by atoms with Gasteiger partial charge in [-0.25, -0.2) is 0 Å². The molecule has 2 aliphatic heterocycles. The molecule has 10 heteroatoms. The van der Waals surface area contributed by atoms with Gasteiger partial charge in [0.1, 0.15) is 18.8 Å². The number of aromatic nitrogens is 1. The normalized spacial score (nSPS) is 18.2. The predicted octanol–water partition coefficient (Wildman–Crippen LogP) is 1.07. The first-order valence-electron chi connectivity index (χ1n) is 10.2. The molecular weight excluding hydrogens is 432 g/mol. The van der Waals surface area contributed by atoms with Crippen molar-refractivity contribution in [2.75, 3.05) is 47.0 Å². The van der Waals surface area contributed by atoms with Gasteiger partial charge in [0.2, 0.25) is 5.91 Å². The molecule has 4 rings (SSSR count). The summed E-state index contributed by atoms with van der Waals surface area (Å²) in [7, 11) is 2.86. The molecule has 2 aliphatic rings. The van der Waals surface area contributed by atoms with E-state index in [2.05, 4.69) is 0 Å². The van der Waals surface area contributed by atoms with E-state index in [1.54, 1.807) is 18.0 Å². The molecule has 1 aromatic heterocycles. The summed E-state index contributed by atoms with van der Waals surface area (Å²) in [5.41, 5.74) is 1.92. The zero-order chi connectivity index (χ0) is 22.8. The van der Waals surface area contributed by atoms with Gasteiger partial charge >= 0.3 is 5.97 Å². The van der Waals surface area contributed by atoms with Gasteiger partial charge in [-0.2, -0.15) is 0 Å². The highest BCUT2D eigenvalue weighted by atomic mass is 32.1. The maximum absolute atomic E-state index is 12.8. The van der Waals surface area contributed by atoms with E-state index in [9.17, 15) is 14.4 Å². The molecule has 3 heterocycles. The molecule has 0 N–H and O–H groups in total. The lowest BCUT2D eigenvalue weighted by molar-refractivity contribution is -0.140. The lowest BCUT2D eigenvalue weighted by atomic mass is 10.1. The number of thiocarbonyl (C=S) groups is 1. The van der Waals surface area contributed by atoms with Gasteiger partial charge in [-0.1, -0.05) is 18.2 Å². The van der Waals surface area contributed by atoms with E-state index in [1.165, 1.54) is 16.9 Å². The van der Waals surface area contributed by atoms with Crippen LogP contribution in [0.1, 0.15) is 5.56 Å². The van der Waals surface area contributed by atoms with Crippen molar-refractivity contribution in [3.63, 3.8) is 0 Å². The Balaban J connectivity index is 1.70. The van der Waals surface area contributed by atoms with Gasteiger partial charge in [0.05, 0.1) is 20.3 Å². The van der Waals surface area contributed by atoms with E-state index >= 15 is 0 Å². The Morgan fingerprint density at radius 1 is 1.19 bits per heavy atom. The molecule has 2 fully saturated rings. The summed E-state index contributed by atoms with van der Waals surface area (Å²) in [6.07, 6.45) is 3.56. The van der Waals surface area contributed by atoms with E-state index in [4.69, 9.17) is 21.7 Å². The van der Waals surface area contributed by atoms with Crippen LogP contribution in [0.25, 0.3) is 17.0 Å². The Bertz CT molecular complexity index is 1120. The van der Waals surface area contributed by atoms with Crippen molar-refractivity contribution >= 4 is 52.1 Å². The molecule has 1 aromatic carbocycles. The highest BCUT2D eigenvalue weighted by molar-refractivity contribution is 7.80. The van der Waals surface area contributed by atoms with Gasteiger partial charge in [0, 0.05) is 42.8 Å². The zero-order valence-electron chi connectivity index (χ0n) is 17.9. The minimum absolute atomic E-state index is 0.0124. The average Bonchev–Trinajstić information content (AvgIpc) is 3.25. The molecule has 0 spiro atoms. The fraction of sp³-hybridized carbons (Fsp3) is 0.364. The number of likely N-dealkylation sites (N-methyl/N-ethyl adjacent to an activating group) is 1. The molecule has 0 atom stereocenters. The lowest BCUT2D eigenvalue weighted by Gasteiger charge is -2.27. The summed E-state index contributed by atoms with van der Waals surface area (Å²) < 4.78 is 12.0. The van der Waals surface area contributed by atoms with Gasteiger partial charge in [0.25, 0.3) is 5.91 Å². The highest BCUT2D eigenvalue weighted by Gasteiger charge is 2.37. The molecular formula is C22H24N4O5S. The van der Waals surface area contributed by atoms with Crippen LogP contribution >= 0.6 is 12.2 Å². The number of carbonyl (C=O) groups is 3. The number of hydrogen-bond acceptors (Lipinski definition) is 6. The summed E-state index contributed by atoms with van der Waals surface area (Å²) in [4.78, 5) is 42.1. The van der Waals surface area contributed by atoms with Crippen LogP contribution in [0, 0.1) is 0 Å². The van der Waals surface area contributed by atoms with Gasteiger partial charge in [0.15, 0.2) is 5.11 Å². The van der Waals surface area contributed by atoms with Crippen molar-refractivity contribution in [1.82, 2.24) is 19.3 Å². The SMILES string of the molecule is COC(=O)CN1C(=S)N(C)C(=O)/C1=C/c1cn(CC(=O)N2CCOCC2)c2ccccc12. The van der Waals surface area contributed by atoms with Gasteiger partial charge in [-0.15, -0.1) is 0 Å². The first-order valence-corrected chi connectivity index (χ1v) is 10.6. The quantitative estimate of drug-likeness (QED) is 0.378. The van der Waals surface area contributed by atoms with Crippen LogP contribution in [0.3, 0.4) is 0 Å². The molecule has 32 heavy (non-hydrogen) atoms. The van der Waals surface area contributed by atoms with Crippen molar-refractivity contribution < 1.29 is 23.9 Å². The third kappa shape index (κ3) is 4.11. The van der Waals surface area contributed by atoms with Crippen LogP contribution in [0.5, 0.6) is 0 Å². The Morgan fingerprint density at radius 3 is 2.62 bits per heavy atom. The summed E-state index contributed by atoms with van der Waals surface area (Å²) in [5.74, 6) is -0.793. The smallest absolute Gasteiger partial charge is 0.325 e. The number of amides is 2. The van der Waals surface area contributed by atoms with E-state index in [0.29, 0.717) is 26.3 Å². The summed E-state index contributed by atoms with van der Waals surface area (Å²) in [6.45, 7) is 2.26. The number of hydrogen-bond donors (Lipinski definition) is 0. The third-order valence-corrected chi connectivity index (χ3v) is 6.12. The predicted molar refractivity (Wildman–Crippen MR) is 121 cm³/mol. The Morgan fingerprint density at radius 2 is 1.91 bits per heavy atom. The summed E-state index contributed by atoms with van der Waals surface area (Å²) in [5, 5.41) is 1.12. The van der Waals surface area contributed by atoms with Gasteiger partial charge in [-0.3, -0.25) is 19.3 Å². The Labute approximate surface area is 190 Å². The second-order valence-corrected chi connectivity index (χ2v) is 7.93. The van der Waals surface area contributed by atoms with Crippen LogP contribution in [-0.4, -0.2) is 89.2 Å². The monoisotopic (exact) mass is 456 g/mol. The number of carbonyl (C=O) groups excluding carboxylic acids is 3. The molecule has 0 saturated carbocycles.